The summed E-state index contributed by atoms with van der Waals surface area (Å²) in [5.74, 6) is -1.16. The van der Waals surface area contributed by atoms with Crippen LogP contribution in [0.2, 0.25) is 0 Å². The summed E-state index contributed by atoms with van der Waals surface area (Å²) >= 11 is 0. The highest BCUT2D eigenvalue weighted by atomic mass is 16.2. The average Bonchev–Trinajstić information content (AvgIpc) is 3.21. The number of amides is 3. The number of fused-ring (bicyclic) bond motifs is 1. The Labute approximate surface area is 180 Å². The first-order valence-electron chi connectivity index (χ1n) is 10.2. The van der Waals surface area contributed by atoms with Gasteiger partial charge in [0.2, 0.25) is 5.91 Å². The van der Waals surface area contributed by atoms with E-state index in [0.717, 1.165) is 38.4 Å². The van der Waals surface area contributed by atoms with Crippen LogP contribution >= 0.6 is 0 Å². The van der Waals surface area contributed by atoms with E-state index in [1.54, 1.807) is 6.07 Å². The van der Waals surface area contributed by atoms with E-state index in [0.29, 0.717) is 5.69 Å². The summed E-state index contributed by atoms with van der Waals surface area (Å²) in [5, 5.41) is 12.2. The Bertz CT molecular complexity index is 1120. The third-order valence-corrected chi connectivity index (χ3v) is 5.85. The van der Waals surface area contributed by atoms with Crippen LogP contribution in [0.5, 0.6) is 0 Å². The fourth-order valence-electron chi connectivity index (χ4n) is 4.18. The summed E-state index contributed by atoms with van der Waals surface area (Å²) in [4.78, 5) is 39.8. The molecule has 1 fully saturated rings. The fraction of sp³-hybridized carbons (Fsp3) is 0.348. The van der Waals surface area contributed by atoms with Gasteiger partial charge in [0.1, 0.15) is 6.54 Å². The van der Waals surface area contributed by atoms with E-state index in [9.17, 15) is 14.4 Å². The first-order valence-corrected chi connectivity index (χ1v) is 10.2. The SMILES string of the molecule is Cc1cc(C)c(NC(=O)CN2N=N[C@H]3C(=O)N(c4ccc(C)c(C)c4)C(=O)[C@H]32)c(C)c1. The van der Waals surface area contributed by atoms with Crippen molar-refractivity contribution >= 4 is 29.1 Å². The molecule has 1 N–H and O–H groups in total. The molecule has 0 aliphatic carbocycles. The first kappa shape index (κ1) is 20.7. The van der Waals surface area contributed by atoms with Crippen LogP contribution in [0, 0.1) is 34.6 Å². The Hall–Kier alpha value is -3.55. The quantitative estimate of drug-likeness (QED) is 0.770. The smallest absolute Gasteiger partial charge is 0.263 e. The van der Waals surface area contributed by atoms with Crippen molar-refractivity contribution in [2.45, 2.75) is 46.7 Å². The lowest BCUT2D eigenvalue weighted by Crippen LogP contribution is -2.43. The Morgan fingerprint density at radius 3 is 2.26 bits per heavy atom. The predicted molar refractivity (Wildman–Crippen MR) is 117 cm³/mol. The number of imide groups is 1. The summed E-state index contributed by atoms with van der Waals surface area (Å²) < 4.78 is 0. The van der Waals surface area contributed by atoms with Crippen LogP contribution in [0.15, 0.2) is 40.7 Å². The van der Waals surface area contributed by atoms with Crippen molar-refractivity contribution in [3.05, 3.63) is 58.1 Å². The van der Waals surface area contributed by atoms with Crippen molar-refractivity contribution in [1.82, 2.24) is 5.01 Å². The van der Waals surface area contributed by atoms with E-state index >= 15 is 0 Å². The predicted octanol–water partition coefficient (Wildman–Crippen LogP) is 3.16. The van der Waals surface area contributed by atoms with Gasteiger partial charge in [-0.3, -0.25) is 19.4 Å². The van der Waals surface area contributed by atoms with Gasteiger partial charge in [-0.2, -0.15) is 5.11 Å². The molecule has 2 aromatic rings. The van der Waals surface area contributed by atoms with Gasteiger partial charge in [-0.15, -0.1) is 0 Å². The number of carbonyl (C=O) groups excluding carboxylic acids is 3. The second-order valence-electron chi connectivity index (χ2n) is 8.29. The van der Waals surface area contributed by atoms with Crippen molar-refractivity contribution in [1.29, 1.82) is 0 Å². The number of aryl methyl sites for hydroxylation is 5. The molecular formula is C23H25N5O3. The third-order valence-electron chi connectivity index (χ3n) is 5.85. The molecule has 8 nitrogen and oxygen atoms in total. The van der Waals surface area contributed by atoms with E-state index in [-0.39, 0.29) is 12.5 Å². The van der Waals surface area contributed by atoms with E-state index < -0.39 is 23.9 Å². The van der Waals surface area contributed by atoms with Crippen LogP contribution in [0.3, 0.4) is 0 Å². The van der Waals surface area contributed by atoms with Gasteiger partial charge in [0.15, 0.2) is 12.1 Å². The minimum atomic E-state index is -0.926. The minimum absolute atomic E-state index is 0.169. The van der Waals surface area contributed by atoms with Crippen LogP contribution in [-0.2, 0) is 14.4 Å². The Morgan fingerprint density at radius 2 is 1.61 bits per heavy atom. The summed E-state index contributed by atoms with van der Waals surface area (Å²) in [6.07, 6.45) is 0. The van der Waals surface area contributed by atoms with Crippen LogP contribution in [0.4, 0.5) is 11.4 Å². The molecule has 0 aromatic heterocycles. The molecule has 0 radical (unpaired) electrons. The van der Waals surface area contributed by atoms with Gasteiger partial charge in [0.05, 0.1) is 5.69 Å². The molecule has 0 saturated carbocycles. The van der Waals surface area contributed by atoms with Gasteiger partial charge in [-0.1, -0.05) is 29.0 Å². The second-order valence-corrected chi connectivity index (χ2v) is 8.29. The molecule has 4 rings (SSSR count). The molecule has 2 aliphatic rings. The molecule has 2 aliphatic heterocycles. The van der Waals surface area contributed by atoms with Crippen molar-refractivity contribution in [2.24, 2.45) is 10.3 Å². The maximum absolute atomic E-state index is 13.1. The average molecular weight is 419 g/mol. The van der Waals surface area contributed by atoms with Crippen molar-refractivity contribution < 1.29 is 14.4 Å². The lowest BCUT2D eigenvalue weighted by molar-refractivity contribution is -0.123. The van der Waals surface area contributed by atoms with Gasteiger partial charge in [0, 0.05) is 5.69 Å². The summed E-state index contributed by atoms with van der Waals surface area (Å²) in [6, 6.07) is 7.59. The summed E-state index contributed by atoms with van der Waals surface area (Å²) in [5.41, 5.74) is 6.34. The van der Waals surface area contributed by atoms with Crippen molar-refractivity contribution in [3.8, 4) is 0 Å². The van der Waals surface area contributed by atoms with Gasteiger partial charge < -0.3 is 5.32 Å². The number of hydrogen-bond donors (Lipinski definition) is 1. The van der Waals surface area contributed by atoms with Crippen LogP contribution in [0.1, 0.15) is 27.8 Å². The molecule has 2 atom stereocenters. The minimum Gasteiger partial charge on any atom is -0.324 e. The molecule has 160 valence electrons. The highest BCUT2D eigenvalue weighted by Gasteiger charge is 2.55. The lowest BCUT2D eigenvalue weighted by Gasteiger charge is -2.21. The number of carbonyl (C=O) groups is 3. The molecule has 31 heavy (non-hydrogen) atoms. The van der Waals surface area contributed by atoms with Gasteiger partial charge >= 0.3 is 0 Å². The molecule has 0 bridgehead atoms. The largest absolute Gasteiger partial charge is 0.324 e. The zero-order valence-electron chi connectivity index (χ0n) is 18.3. The number of nitrogens with one attached hydrogen (secondary N) is 1. The Kier molecular flexibility index (Phi) is 5.08. The zero-order valence-corrected chi connectivity index (χ0v) is 18.3. The van der Waals surface area contributed by atoms with Crippen LogP contribution in [-0.4, -0.2) is 41.4 Å². The lowest BCUT2D eigenvalue weighted by atomic mass is 10.1. The fourth-order valence-corrected chi connectivity index (χ4v) is 4.18. The molecule has 3 amide bonds. The number of hydrogen-bond acceptors (Lipinski definition) is 6. The molecule has 2 heterocycles. The first-order chi connectivity index (χ1) is 14.7. The van der Waals surface area contributed by atoms with E-state index in [4.69, 9.17) is 0 Å². The van der Waals surface area contributed by atoms with Crippen molar-refractivity contribution in [2.75, 3.05) is 16.8 Å². The summed E-state index contributed by atoms with van der Waals surface area (Å²) in [6.45, 7) is 9.59. The zero-order chi connectivity index (χ0) is 22.4. The number of nitrogens with zero attached hydrogens (tertiary/aromatic N) is 4. The van der Waals surface area contributed by atoms with E-state index in [2.05, 4.69) is 15.7 Å². The van der Waals surface area contributed by atoms with Gasteiger partial charge in [-0.25, -0.2) is 4.90 Å². The van der Waals surface area contributed by atoms with Crippen LogP contribution < -0.4 is 10.2 Å². The molecule has 8 heteroatoms. The molecular weight excluding hydrogens is 394 g/mol. The van der Waals surface area contributed by atoms with Crippen molar-refractivity contribution in [3.63, 3.8) is 0 Å². The monoisotopic (exact) mass is 419 g/mol. The highest BCUT2D eigenvalue weighted by Crippen LogP contribution is 2.32. The summed E-state index contributed by atoms with van der Waals surface area (Å²) in [7, 11) is 0. The molecule has 0 spiro atoms. The van der Waals surface area contributed by atoms with E-state index in [1.807, 2.05) is 58.9 Å². The maximum Gasteiger partial charge on any atom is 0.263 e. The van der Waals surface area contributed by atoms with Gasteiger partial charge in [0.25, 0.3) is 11.8 Å². The highest BCUT2D eigenvalue weighted by molar-refractivity contribution is 6.25. The topological polar surface area (TPSA) is 94.4 Å². The second kappa shape index (κ2) is 7.61. The standard InChI is InChI=1S/C23H25N5O3/c1-12-8-15(4)19(16(5)9-12)24-18(29)11-27-21-20(25-26-27)22(30)28(23(21)31)17-7-6-13(2)14(3)10-17/h6-10,20-21H,11H2,1-5H3,(H,24,29)/t20-,21+/m1/s1. The number of rotatable bonds is 4. The normalized spacial score (nSPS) is 19.9. The molecule has 2 aromatic carbocycles. The Balaban J connectivity index is 1.51. The number of benzene rings is 2. The van der Waals surface area contributed by atoms with Gasteiger partial charge in [-0.05, 0) is 69.0 Å². The molecule has 1 saturated heterocycles. The van der Waals surface area contributed by atoms with E-state index in [1.165, 1.54) is 5.01 Å². The number of anilines is 2. The molecule has 0 unspecified atom stereocenters. The third kappa shape index (κ3) is 3.58. The maximum atomic E-state index is 13.1. The van der Waals surface area contributed by atoms with Crippen LogP contribution in [0.25, 0.3) is 0 Å². The Morgan fingerprint density at radius 1 is 0.935 bits per heavy atom.